The highest BCUT2D eigenvalue weighted by atomic mass is 16.7. The maximum Gasteiger partial charge on any atom is 0.297 e. The minimum atomic E-state index is -0.718. The average molecular weight is 224 g/mol. The van der Waals surface area contributed by atoms with Crippen LogP contribution in [0.3, 0.4) is 0 Å². The Morgan fingerprint density at radius 3 is 2.31 bits per heavy atom. The van der Waals surface area contributed by atoms with Crippen LogP contribution in [0.5, 0.6) is 0 Å². The van der Waals surface area contributed by atoms with Crippen molar-refractivity contribution < 1.29 is 14.3 Å². The predicted molar refractivity (Wildman–Crippen MR) is 57.0 cm³/mol. The summed E-state index contributed by atoms with van der Waals surface area (Å²) in [6, 6.07) is 0. The number of nitrogens with one attached hydrogen (secondary N) is 1. The monoisotopic (exact) mass is 224 g/mol. The summed E-state index contributed by atoms with van der Waals surface area (Å²) in [7, 11) is 0. The molecule has 0 unspecified atom stereocenters. The summed E-state index contributed by atoms with van der Waals surface area (Å²) in [5.41, 5.74) is 5.33. The van der Waals surface area contributed by atoms with Crippen molar-refractivity contribution in [1.29, 1.82) is 0 Å². The Kier molecular flexibility index (Phi) is 2.89. The van der Waals surface area contributed by atoms with Crippen molar-refractivity contribution in [2.45, 2.75) is 37.1 Å². The van der Waals surface area contributed by atoms with Crippen LogP contribution in [0.2, 0.25) is 0 Å². The highest BCUT2D eigenvalue weighted by Gasteiger charge is 2.45. The van der Waals surface area contributed by atoms with Gasteiger partial charge in [0.1, 0.15) is 0 Å². The van der Waals surface area contributed by atoms with Gasteiger partial charge in [-0.3, -0.25) is 4.79 Å². The van der Waals surface area contributed by atoms with Crippen LogP contribution in [-0.4, -0.2) is 30.6 Å². The summed E-state index contributed by atoms with van der Waals surface area (Å²) >= 11 is 0. The van der Waals surface area contributed by atoms with Gasteiger partial charge in [0.15, 0.2) is 5.79 Å². The van der Waals surface area contributed by atoms with Crippen LogP contribution in [0.1, 0.15) is 25.7 Å². The quantitative estimate of drug-likeness (QED) is 0.474. The summed E-state index contributed by atoms with van der Waals surface area (Å²) in [5, 5.41) is 2.64. The lowest BCUT2D eigenvalue weighted by atomic mass is 9.85. The molecule has 88 valence electrons. The Morgan fingerprint density at radius 2 is 1.81 bits per heavy atom. The van der Waals surface area contributed by atoms with E-state index in [2.05, 4.69) is 5.32 Å². The molecule has 1 aliphatic carbocycles. The Bertz CT molecular complexity index is 319. The maximum atomic E-state index is 11.1. The Morgan fingerprint density at radius 1 is 1.25 bits per heavy atom. The van der Waals surface area contributed by atoms with Gasteiger partial charge in [-0.25, -0.2) is 0 Å². The number of hydrogen-bond donors (Lipinski definition) is 2. The van der Waals surface area contributed by atoms with E-state index < -0.39 is 17.4 Å². The third-order valence-corrected chi connectivity index (χ3v) is 3.21. The fourth-order valence-electron chi connectivity index (χ4n) is 2.25. The molecule has 2 rings (SSSR count). The molecule has 2 fully saturated rings. The molecule has 2 aliphatic rings. The first-order valence-corrected chi connectivity index (χ1v) is 5.43. The van der Waals surface area contributed by atoms with Crippen molar-refractivity contribution in [1.82, 2.24) is 5.32 Å². The molecule has 16 heavy (non-hydrogen) atoms. The molecular formula is C11H16N2O3. The Hall–Kier alpha value is -1.09. The lowest BCUT2D eigenvalue weighted by Gasteiger charge is -2.41. The number of terminal acetylenes is 1. The van der Waals surface area contributed by atoms with Crippen molar-refractivity contribution >= 4 is 5.91 Å². The second-order valence-corrected chi connectivity index (χ2v) is 4.36. The third-order valence-electron chi connectivity index (χ3n) is 3.21. The van der Waals surface area contributed by atoms with Crippen LogP contribution in [0, 0.1) is 12.3 Å². The van der Waals surface area contributed by atoms with Gasteiger partial charge in [-0.05, 0) is 18.8 Å². The molecule has 3 N–H and O–H groups in total. The van der Waals surface area contributed by atoms with Gasteiger partial charge in [0.25, 0.3) is 5.91 Å². The fraction of sp³-hybridized carbons (Fsp3) is 0.727. The maximum absolute atomic E-state index is 11.1. The van der Waals surface area contributed by atoms with Crippen molar-refractivity contribution in [2.24, 2.45) is 5.73 Å². The van der Waals surface area contributed by atoms with E-state index in [1.807, 2.05) is 5.92 Å². The zero-order valence-electron chi connectivity index (χ0n) is 9.12. The molecule has 0 radical (unpaired) electrons. The van der Waals surface area contributed by atoms with Crippen molar-refractivity contribution in [2.75, 3.05) is 13.2 Å². The van der Waals surface area contributed by atoms with Crippen LogP contribution >= 0.6 is 0 Å². The second-order valence-electron chi connectivity index (χ2n) is 4.36. The number of rotatable bonds is 1. The van der Waals surface area contributed by atoms with Crippen LogP contribution in [0.4, 0.5) is 0 Å². The zero-order chi connectivity index (χ0) is 11.6. The van der Waals surface area contributed by atoms with Gasteiger partial charge in [0.2, 0.25) is 0 Å². The van der Waals surface area contributed by atoms with Crippen LogP contribution in [0.15, 0.2) is 0 Å². The van der Waals surface area contributed by atoms with E-state index in [1.54, 1.807) is 0 Å². The van der Waals surface area contributed by atoms with Gasteiger partial charge in [-0.2, -0.15) is 0 Å². The normalized spacial score (nSPS) is 26.2. The molecule has 0 atom stereocenters. The molecule has 1 saturated heterocycles. The fourth-order valence-corrected chi connectivity index (χ4v) is 2.25. The Labute approximate surface area is 94.7 Å². The van der Waals surface area contributed by atoms with Crippen LogP contribution in [0.25, 0.3) is 0 Å². The third kappa shape index (κ3) is 2.19. The molecule has 1 saturated carbocycles. The minimum absolute atomic E-state index is 0.466. The molecule has 1 aliphatic heterocycles. The smallest absolute Gasteiger partial charge is 0.297 e. The van der Waals surface area contributed by atoms with E-state index in [9.17, 15) is 4.79 Å². The van der Waals surface area contributed by atoms with E-state index in [4.69, 9.17) is 21.6 Å². The zero-order valence-corrected chi connectivity index (χ0v) is 9.12. The van der Waals surface area contributed by atoms with Crippen molar-refractivity contribution in [3.8, 4) is 12.3 Å². The summed E-state index contributed by atoms with van der Waals surface area (Å²) in [6.45, 7) is 1.27. The number of amides is 1. The molecular weight excluding hydrogens is 208 g/mol. The van der Waals surface area contributed by atoms with E-state index in [1.165, 1.54) is 0 Å². The van der Waals surface area contributed by atoms with Crippen LogP contribution < -0.4 is 11.1 Å². The lowest BCUT2D eigenvalue weighted by Crippen LogP contribution is -2.59. The standard InChI is InChI=1S/C11H16N2O3/c1-2-9(14)13-10(12)3-5-11(6-4-10)15-7-8-16-11/h1H,3-8,12H2,(H,13,14). The van der Waals surface area contributed by atoms with E-state index >= 15 is 0 Å². The van der Waals surface area contributed by atoms with Crippen LogP contribution in [-0.2, 0) is 14.3 Å². The molecule has 5 heteroatoms. The highest BCUT2D eigenvalue weighted by Crippen LogP contribution is 2.38. The SMILES string of the molecule is C#CC(=O)NC1(N)CCC2(CC1)OCCO2. The number of hydrogen-bond acceptors (Lipinski definition) is 4. The lowest BCUT2D eigenvalue weighted by molar-refractivity contribution is -0.186. The molecule has 0 bridgehead atoms. The largest absolute Gasteiger partial charge is 0.348 e. The van der Waals surface area contributed by atoms with Gasteiger partial charge in [0, 0.05) is 12.8 Å². The average Bonchev–Trinajstić information content (AvgIpc) is 2.72. The van der Waals surface area contributed by atoms with Gasteiger partial charge < -0.3 is 20.5 Å². The Balaban J connectivity index is 1.93. The van der Waals surface area contributed by atoms with Gasteiger partial charge in [0.05, 0.1) is 18.9 Å². The molecule has 0 aromatic rings. The number of carbonyl (C=O) groups excluding carboxylic acids is 1. The minimum Gasteiger partial charge on any atom is -0.348 e. The number of nitrogens with two attached hydrogens (primary N) is 1. The van der Waals surface area contributed by atoms with Gasteiger partial charge in [-0.15, -0.1) is 6.42 Å². The summed E-state index contributed by atoms with van der Waals surface area (Å²) in [4.78, 5) is 11.1. The van der Waals surface area contributed by atoms with E-state index in [0.717, 1.165) is 0 Å². The highest BCUT2D eigenvalue weighted by molar-refractivity contribution is 5.93. The summed E-state index contributed by atoms with van der Waals surface area (Å²) in [5.74, 6) is 1.07. The van der Waals surface area contributed by atoms with Crippen molar-refractivity contribution in [3.05, 3.63) is 0 Å². The first kappa shape index (κ1) is 11.4. The first-order chi connectivity index (χ1) is 7.58. The van der Waals surface area contributed by atoms with Gasteiger partial charge in [-0.1, -0.05) is 0 Å². The molecule has 5 nitrogen and oxygen atoms in total. The predicted octanol–water partition coefficient (Wildman–Crippen LogP) is -0.292. The molecule has 0 aromatic heterocycles. The number of carbonyl (C=O) groups is 1. The summed E-state index contributed by atoms with van der Waals surface area (Å²) < 4.78 is 11.2. The second kappa shape index (κ2) is 4.06. The van der Waals surface area contributed by atoms with Crippen molar-refractivity contribution in [3.63, 3.8) is 0 Å². The van der Waals surface area contributed by atoms with E-state index in [0.29, 0.717) is 38.9 Å². The molecule has 1 amide bonds. The first-order valence-electron chi connectivity index (χ1n) is 5.43. The molecule has 1 heterocycles. The van der Waals surface area contributed by atoms with Gasteiger partial charge >= 0.3 is 0 Å². The molecule has 1 spiro atoms. The topological polar surface area (TPSA) is 73.6 Å². The number of ether oxygens (including phenoxy) is 2. The van der Waals surface area contributed by atoms with E-state index in [-0.39, 0.29) is 0 Å². The summed E-state index contributed by atoms with van der Waals surface area (Å²) in [6.07, 6.45) is 7.60. The molecule has 0 aromatic carbocycles.